The summed E-state index contributed by atoms with van der Waals surface area (Å²) in [5.41, 5.74) is 3.57. The quantitative estimate of drug-likeness (QED) is 0.158. The SMILES string of the molecule is CC(=NCCCCCCC(C)N=O)c1cnc(N(c2ccccc2)c2ccccc2Cl)nc1. The molecule has 6 nitrogen and oxygen atoms in total. The first kappa shape index (κ1) is 24.5. The summed E-state index contributed by atoms with van der Waals surface area (Å²) in [6.07, 6.45) is 8.74. The van der Waals surface area contributed by atoms with E-state index in [1.165, 1.54) is 0 Å². The highest BCUT2D eigenvalue weighted by Crippen LogP contribution is 2.36. The first-order valence-electron chi connectivity index (χ1n) is 11.4. The van der Waals surface area contributed by atoms with Crippen LogP contribution < -0.4 is 4.90 Å². The number of benzene rings is 2. The lowest BCUT2D eigenvalue weighted by Crippen LogP contribution is -2.14. The van der Waals surface area contributed by atoms with Crippen molar-refractivity contribution >= 4 is 34.6 Å². The second kappa shape index (κ2) is 12.8. The Morgan fingerprint density at radius 2 is 1.64 bits per heavy atom. The van der Waals surface area contributed by atoms with Crippen LogP contribution in [0.1, 0.15) is 51.5 Å². The molecule has 3 rings (SSSR count). The number of nitrogens with zero attached hydrogens (tertiary/aromatic N) is 5. The average molecular weight is 464 g/mol. The number of nitroso groups, excluding NO2 is 1. The summed E-state index contributed by atoms with van der Waals surface area (Å²) in [7, 11) is 0. The Labute approximate surface area is 200 Å². The molecule has 1 heterocycles. The van der Waals surface area contributed by atoms with E-state index in [0.29, 0.717) is 11.0 Å². The van der Waals surface area contributed by atoms with Crippen molar-refractivity contribution in [2.75, 3.05) is 11.4 Å². The summed E-state index contributed by atoms with van der Waals surface area (Å²) in [6.45, 7) is 4.62. The number of para-hydroxylation sites is 2. The number of aromatic nitrogens is 2. The fourth-order valence-electron chi connectivity index (χ4n) is 3.49. The number of hydrogen-bond acceptors (Lipinski definition) is 6. The molecular formula is C26H30ClN5O. The Kier molecular flexibility index (Phi) is 9.51. The molecule has 1 aromatic heterocycles. The van der Waals surface area contributed by atoms with E-state index >= 15 is 0 Å². The van der Waals surface area contributed by atoms with E-state index in [4.69, 9.17) is 11.6 Å². The molecule has 0 spiro atoms. The zero-order valence-electron chi connectivity index (χ0n) is 19.2. The molecule has 0 aliphatic rings. The lowest BCUT2D eigenvalue weighted by Gasteiger charge is -2.24. The first-order valence-corrected chi connectivity index (χ1v) is 11.7. The largest absolute Gasteiger partial charge is 0.289 e. The molecule has 1 atom stereocenters. The highest BCUT2D eigenvalue weighted by Gasteiger charge is 2.17. The van der Waals surface area contributed by atoms with Gasteiger partial charge in [0.1, 0.15) is 0 Å². The highest BCUT2D eigenvalue weighted by atomic mass is 35.5. The molecule has 0 aliphatic carbocycles. The molecule has 0 radical (unpaired) electrons. The average Bonchev–Trinajstić information content (AvgIpc) is 2.85. The molecule has 2 aromatic carbocycles. The van der Waals surface area contributed by atoms with Gasteiger partial charge in [-0.15, -0.1) is 0 Å². The predicted molar refractivity (Wildman–Crippen MR) is 137 cm³/mol. The molecule has 1 unspecified atom stereocenters. The topological polar surface area (TPSA) is 70.8 Å². The van der Waals surface area contributed by atoms with Crippen LogP contribution in [-0.2, 0) is 0 Å². The van der Waals surface area contributed by atoms with Crippen LogP contribution >= 0.6 is 11.6 Å². The zero-order chi connectivity index (χ0) is 23.5. The van der Waals surface area contributed by atoms with E-state index in [1.807, 2.05) is 85.7 Å². The number of hydrogen-bond donors (Lipinski definition) is 0. The number of unbranched alkanes of at least 4 members (excludes halogenated alkanes) is 3. The lowest BCUT2D eigenvalue weighted by molar-refractivity contribution is 0.568. The molecule has 0 fully saturated rings. The minimum absolute atomic E-state index is 0.0797. The van der Waals surface area contributed by atoms with Gasteiger partial charge >= 0.3 is 0 Å². The molecule has 0 amide bonds. The zero-order valence-corrected chi connectivity index (χ0v) is 19.9. The van der Waals surface area contributed by atoms with Crippen LogP contribution in [0, 0.1) is 4.91 Å². The van der Waals surface area contributed by atoms with Gasteiger partial charge < -0.3 is 0 Å². The third-order valence-corrected chi connectivity index (χ3v) is 5.74. The Morgan fingerprint density at radius 1 is 0.970 bits per heavy atom. The summed E-state index contributed by atoms with van der Waals surface area (Å²) >= 11 is 6.49. The van der Waals surface area contributed by atoms with Crippen LogP contribution in [0.3, 0.4) is 0 Å². The van der Waals surface area contributed by atoms with Crippen molar-refractivity contribution in [3.8, 4) is 0 Å². The smallest absolute Gasteiger partial charge is 0.234 e. The standard InChI is InChI=1S/C26H30ClN5O/c1-20(31-33)12-6-3-4-11-17-28-21(2)22-18-29-26(30-19-22)32(23-13-7-5-8-14-23)25-16-10-9-15-24(25)27/h5,7-10,13-16,18-20H,3-4,6,11-12,17H2,1-2H3. The Bertz CT molecular complexity index is 1040. The summed E-state index contributed by atoms with van der Waals surface area (Å²) in [4.78, 5) is 26.3. The van der Waals surface area contributed by atoms with Crippen LogP contribution in [0.25, 0.3) is 0 Å². The van der Waals surface area contributed by atoms with Crippen molar-refractivity contribution in [2.24, 2.45) is 10.2 Å². The van der Waals surface area contributed by atoms with Crippen LogP contribution in [-0.4, -0.2) is 28.3 Å². The number of aliphatic imine (C=N–C) groups is 1. The van der Waals surface area contributed by atoms with Gasteiger partial charge in [-0.05, 0) is 51.0 Å². The molecule has 7 heteroatoms. The van der Waals surface area contributed by atoms with Crippen LogP contribution in [0.5, 0.6) is 0 Å². The van der Waals surface area contributed by atoms with Gasteiger partial charge in [-0.2, -0.15) is 4.91 Å². The summed E-state index contributed by atoms with van der Waals surface area (Å²) < 4.78 is 0. The monoisotopic (exact) mass is 463 g/mol. The number of halogens is 1. The van der Waals surface area contributed by atoms with Crippen molar-refractivity contribution in [1.29, 1.82) is 0 Å². The minimum atomic E-state index is -0.0797. The van der Waals surface area contributed by atoms with Gasteiger partial charge in [0.05, 0.1) is 16.8 Å². The van der Waals surface area contributed by atoms with Gasteiger partial charge in [-0.1, -0.05) is 66.4 Å². The molecule has 0 saturated carbocycles. The normalized spacial score (nSPS) is 12.4. The number of rotatable bonds is 12. The van der Waals surface area contributed by atoms with E-state index in [-0.39, 0.29) is 6.04 Å². The van der Waals surface area contributed by atoms with Gasteiger partial charge in [-0.3, -0.25) is 9.89 Å². The van der Waals surface area contributed by atoms with Crippen LogP contribution in [0.4, 0.5) is 17.3 Å². The Balaban J connectivity index is 1.65. The summed E-state index contributed by atoms with van der Waals surface area (Å²) in [5, 5.41) is 3.67. The van der Waals surface area contributed by atoms with Gasteiger partial charge in [0.25, 0.3) is 0 Å². The molecule has 33 heavy (non-hydrogen) atoms. The highest BCUT2D eigenvalue weighted by molar-refractivity contribution is 6.33. The fourth-order valence-corrected chi connectivity index (χ4v) is 3.71. The molecule has 3 aromatic rings. The van der Waals surface area contributed by atoms with Crippen molar-refractivity contribution in [1.82, 2.24) is 9.97 Å². The van der Waals surface area contributed by atoms with Crippen LogP contribution in [0.15, 0.2) is 77.2 Å². The van der Waals surface area contributed by atoms with Crippen molar-refractivity contribution in [2.45, 2.75) is 52.0 Å². The first-order chi connectivity index (χ1) is 16.1. The van der Waals surface area contributed by atoms with E-state index < -0.39 is 0 Å². The lowest BCUT2D eigenvalue weighted by atomic mass is 10.1. The molecule has 0 N–H and O–H groups in total. The summed E-state index contributed by atoms with van der Waals surface area (Å²) in [6, 6.07) is 17.5. The van der Waals surface area contributed by atoms with Gasteiger partial charge in [0.2, 0.25) is 5.95 Å². The van der Waals surface area contributed by atoms with E-state index in [0.717, 1.165) is 61.3 Å². The third kappa shape index (κ3) is 7.19. The third-order valence-electron chi connectivity index (χ3n) is 5.42. The van der Waals surface area contributed by atoms with Gasteiger partial charge in [-0.25, -0.2) is 9.97 Å². The summed E-state index contributed by atoms with van der Waals surface area (Å²) in [5.74, 6) is 0.546. The maximum Gasteiger partial charge on any atom is 0.234 e. The molecule has 0 aliphatic heterocycles. The fraction of sp³-hybridized carbons (Fsp3) is 0.346. The molecule has 0 saturated heterocycles. The molecule has 0 bridgehead atoms. The number of anilines is 3. The molecule has 172 valence electrons. The maximum absolute atomic E-state index is 10.4. The minimum Gasteiger partial charge on any atom is -0.289 e. The van der Waals surface area contributed by atoms with Crippen LogP contribution in [0.2, 0.25) is 5.02 Å². The second-order valence-electron chi connectivity index (χ2n) is 8.02. The molecular weight excluding hydrogens is 434 g/mol. The van der Waals surface area contributed by atoms with Gasteiger partial charge in [0.15, 0.2) is 0 Å². The maximum atomic E-state index is 10.4. The van der Waals surface area contributed by atoms with Gasteiger partial charge in [0, 0.05) is 35.9 Å². The van der Waals surface area contributed by atoms with E-state index in [9.17, 15) is 4.91 Å². The Hall–Kier alpha value is -3.12. The van der Waals surface area contributed by atoms with E-state index in [2.05, 4.69) is 20.1 Å². The Morgan fingerprint density at radius 3 is 2.33 bits per heavy atom. The predicted octanol–water partition coefficient (Wildman–Crippen LogP) is 7.51. The van der Waals surface area contributed by atoms with Crippen molar-refractivity contribution < 1.29 is 0 Å². The van der Waals surface area contributed by atoms with Crippen molar-refractivity contribution in [3.05, 3.63) is 82.5 Å². The van der Waals surface area contributed by atoms with E-state index in [1.54, 1.807) is 0 Å². The second-order valence-corrected chi connectivity index (χ2v) is 8.43. The van der Waals surface area contributed by atoms with Crippen molar-refractivity contribution in [3.63, 3.8) is 0 Å².